The van der Waals surface area contributed by atoms with Gasteiger partial charge in [-0.1, -0.05) is 22.8 Å². The number of ether oxygens (including phenoxy) is 1. The number of benzene rings is 1. The van der Waals surface area contributed by atoms with Gasteiger partial charge in [-0.05, 0) is 47.5 Å². The minimum absolute atomic E-state index is 0.238. The molecule has 29 heavy (non-hydrogen) atoms. The van der Waals surface area contributed by atoms with E-state index in [-0.39, 0.29) is 18.7 Å². The number of pyridine rings is 1. The van der Waals surface area contributed by atoms with Gasteiger partial charge in [0.2, 0.25) is 0 Å². The number of anilines is 1. The molecule has 0 saturated carbocycles. The summed E-state index contributed by atoms with van der Waals surface area (Å²) >= 11 is 5.86. The highest BCUT2D eigenvalue weighted by molar-refractivity contribution is 6.30. The molecule has 2 aromatic heterocycles. The zero-order valence-corrected chi connectivity index (χ0v) is 16.1. The number of rotatable bonds is 6. The number of nitrogens with zero attached hydrogens (tertiary/aromatic N) is 2. The van der Waals surface area contributed by atoms with Crippen LogP contribution in [0.2, 0.25) is 5.02 Å². The molecular formula is C21H18ClFN4O2. The van der Waals surface area contributed by atoms with E-state index >= 15 is 0 Å². The van der Waals surface area contributed by atoms with E-state index in [2.05, 4.69) is 15.5 Å². The lowest BCUT2D eigenvalue weighted by molar-refractivity contribution is 0.0576. The smallest absolute Gasteiger partial charge is 0.170 e. The van der Waals surface area contributed by atoms with Crippen LogP contribution in [0.15, 0.2) is 71.0 Å². The first-order chi connectivity index (χ1) is 14.1. The number of nitrogens with two attached hydrogens (primary N) is 1. The van der Waals surface area contributed by atoms with E-state index in [1.807, 2.05) is 30.5 Å². The second-order valence-electron chi connectivity index (χ2n) is 6.55. The SMILES string of the molecule is Nc1ncccc1-c1cc(CC2=CNC(OCc3cc(F)cc(Cl)c3)C=C2)no1. The lowest BCUT2D eigenvalue weighted by Gasteiger charge is -2.19. The van der Waals surface area contributed by atoms with Gasteiger partial charge in [-0.25, -0.2) is 9.37 Å². The Hall–Kier alpha value is -3.16. The maximum Gasteiger partial charge on any atom is 0.170 e. The van der Waals surface area contributed by atoms with Crippen molar-refractivity contribution in [3.05, 3.63) is 88.6 Å². The summed E-state index contributed by atoms with van der Waals surface area (Å²) in [5, 5.41) is 7.59. The van der Waals surface area contributed by atoms with Gasteiger partial charge in [-0.3, -0.25) is 0 Å². The van der Waals surface area contributed by atoms with Crippen LogP contribution in [0, 0.1) is 5.82 Å². The first-order valence-corrected chi connectivity index (χ1v) is 9.31. The number of hydrogen-bond donors (Lipinski definition) is 2. The Morgan fingerprint density at radius 1 is 1.28 bits per heavy atom. The average Bonchev–Trinajstić information content (AvgIpc) is 3.15. The van der Waals surface area contributed by atoms with E-state index in [4.69, 9.17) is 26.6 Å². The molecule has 3 N–H and O–H groups in total. The third-order valence-electron chi connectivity index (χ3n) is 4.32. The van der Waals surface area contributed by atoms with Gasteiger partial charge in [0.1, 0.15) is 17.9 Å². The first-order valence-electron chi connectivity index (χ1n) is 8.93. The summed E-state index contributed by atoms with van der Waals surface area (Å²) in [6.07, 6.45) is 7.59. The topological polar surface area (TPSA) is 86.2 Å². The van der Waals surface area contributed by atoms with Gasteiger partial charge in [0.05, 0.1) is 17.9 Å². The van der Waals surface area contributed by atoms with Crippen molar-refractivity contribution in [2.45, 2.75) is 19.3 Å². The van der Waals surface area contributed by atoms with Gasteiger partial charge in [-0.15, -0.1) is 0 Å². The molecule has 0 saturated heterocycles. The van der Waals surface area contributed by atoms with Crippen LogP contribution < -0.4 is 11.1 Å². The molecule has 1 aliphatic rings. The molecule has 148 valence electrons. The van der Waals surface area contributed by atoms with Crippen LogP contribution in [0.5, 0.6) is 0 Å². The number of halogens is 2. The fourth-order valence-electron chi connectivity index (χ4n) is 2.95. The van der Waals surface area contributed by atoms with Crippen molar-refractivity contribution in [1.82, 2.24) is 15.5 Å². The molecule has 0 aliphatic carbocycles. The van der Waals surface area contributed by atoms with Crippen molar-refractivity contribution < 1.29 is 13.7 Å². The second-order valence-corrected chi connectivity index (χ2v) is 6.99. The Balaban J connectivity index is 1.33. The highest BCUT2D eigenvalue weighted by Gasteiger charge is 2.13. The van der Waals surface area contributed by atoms with E-state index < -0.39 is 0 Å². The lowest BCUT2D eigenvalue weighted by Crippen LogP contribution is -2.28. The predicted molar refractivity (Wildman–Crippen MR) is 108 cm³/mol. The van der Waals surface area contributed by atoms with Gasteiger partial charge in [0.25, 0.3) is 0 Å². The molecule has 0 spiro atoms. The van der Waals surface area contributed by atoms with Crippen molar-refractivity contribution in [3.63, 3.8) is 0 Å². The summed E-state index contributed by atoms with van der Waals surface area (Å²) in [7, 11) is 0. The fourth-order valence-corrected chi connectivity index (χ4v) is 3.20. The van der Waals surface area contributed by atoms with Crippen LogP contribution in [-0.4, -0.2) is 16.4 Å². The van der Waals surface area contributed by atoms with Crippen LogP contribution in [0.3, 0.4) is 0 Å². The monoisotopic (exact) mass is 412 g/mol. The average molecular weight is 413 g/mol. The molecule has 0 amide bonds. The van der Waals surface area contributed by atoms with Gasteiger partial charge in [-0.2, -0.15) is 0 Å². The maximum absolute atomic E-state index is 13.4. The Labute approximate surface area is 171 Å². The normalized spacial score (nSPS) is 15.8. The number of hydrogen-bond acceptors (Lipinski definition) is 6. The predicted octanol–water partition coefficient (Wildman–Crippen LogP) is 4.24. The van der Waals surface area contributed by atoms with Crippen LogP contribution >= 0.6 is 11.6 Å². The van der Waals surface area contributed by atoms with Crippen LogP contribution in [-0.2, 0) is 17.8 Å². The third kappa shape index (κ3) is 4.82. The summed E-state index contributed by atoms with van der Waals surface area (Å²) in [4.78, 5) is 4.05. The highest BCUT2D eigenvalue weighted by atomic mass is 35.5. The highest BCUT2D eigenvalue weighted by Crippen LogP contribution is 2.25. The van der Waals surface area contributed by atoms with E-state index in [1.54, 1.807) is 18.3 Å². The van der Waals surface area contributed by atoms with Crippen LogP contribution in [0.1, 0.15) is 11.3 Å². The van der Waals surface area contributed by atoms with Crippen molar-refractivity contribution in [2.75, 3.05) is 5.73 Å². The Kier molecular flexibility index (Phi) is 5.59. The maximum atomic E-state index is 13.4. The summed E-state index contributed by atoms with van der Waals surface area (Å²) in [6.45, 7) is 0.238. The van der Waals surface area contributed by atoms with E-state index in [9.17, 15) is 4.39 Å². The van der Waals surface area contributed by atoms with Crippen molar-refractivity contribution in [1.29, 1.82) is 0 Å². The van der Waals surface area contributed by atoms with Gasteiger partial charge >= 0.3 is 0 Å². The minimum atomic E-state index is -0.384. The summed E-state index contributed by atoms with van der Waals surface area (Å²) < 4.78 is 24.5. The van der Waals surface area contributed by atoms with Gasteiger partial charge in [0, 0.05) is 29.9 Å². The van der Waals surface area contributed by atoms with Crippen molar-refractivity contribution in [3.8, 4) is 11.3 Å². The standard InChI is InChI=1S/C21H18ClFN4O2/c22-15-6-14(7-16(23)9-15)12-28-20-4-3-13(11-26-20)8-17-10-19(29-27-17)18-2-1-5-25-21(18)24/h1-7,9-11,20,26H,8,12H2,(H2,24,25). The Bertz CT molecular complexity index is 1060. The molecule has 3 aromatic rings. The molecule has 4 rings (SSSR count). The third-order valence-corrected chi connectivity index (χ3v) is 4.54. The molecule has 1 aliphatic heterocycles. The Morgan fingerprint density at radius 2 is 2.17 bits per heavy atom. The molecule has 3 heterocycles. The quantitative estimate of drug-likeness (QED) is 0.629. The molecule has 0 bridgehead atoms. The molecular weight excluding hydrogens is 395 g/mol. The summed E-state index contributed by atoms with van der Waals surface area (Å²) in [6, 6.07) is 9.81. The second kappa shape index (κ2) is 8.46. The number of allylic oxidation sites excluding steroid dienone is 2. The van der Waals surface area contributed by atoms with Gasteiger partial charge in [0.15, 0.2) is 5.76 Å². The first kappa shape index (κ1) is 19.2. The minimum Gasteiger partial charge on any atom is -0.383 e. The lowest BCUT2D eigenvalue weighted by atomic mass is 10.1. The fraction of sp³-hybridized carbons (Fsp3) is 0.143. The number of aromatic nitrogens is 2. The van der Waals surface area contributed by atoms with Crippen LogP contribution in [0.4, 0.5) is 10.2 Å². The number of dihydropyridines is 1. The van der Waals surface area contributed by atoms with Crippen LogP contribution in [0.25, 0.3) is 11.3 Å². The van der Waals surface area contributed by atoms with E-state index in [0.717, 1.165) is 11.3 Å². The molecule has 0 fully saturated rings. The molecule has 1 aromatic carbocycles. The molecule has 1 atom stereocenters. The summed E-state index contributed by atoms with van der Waals surface area (Å²) in [5.41, 5.74) is 9.04. The van der Waals surface area contributed by atoms with E-state index in [1.165, 1.54) is 12.1 Å². The zero-order valence-electron chi connectivity index (χ0n) is 15.3. The molecule has 6 nitrogen and oxygen atoms in total. The Morgan fingerprint density at radius 3 is 2.93 bits per heavy atom. The molecule has 0 radical (unpaired) electrons. The van der Waals surface area contributed by atoms with Crippen molar-refractivity contribution >= 4 is 17.4 Å². The number of nitrogen functional groups attached to an aromatic ring is 1. The number of nitrogens with one attached hydrogen (secondary N) is 1. The van der Waals surface area contributed by atoms with E-state index in [0.29, 0.717) is 34.1 Å². The molecule has 8 heteroatoms. The molecule has 1 unspecified atom stereocenters. The zero-order chi connectivity index (χ0) is 20.2. The van der Waals surface area contributed by atoms with Crippen molar-refractivity contribution in [2.24, 2.45) is 0 Å². The van der Waals surface area contributed by atoms with Gasteiger partial charge < -0.3 is 20.3 Å². The largest absolute Gasteiger partial charge is 0.383 e. The summed E-state index contributed by atoms with van der Waals surface area (Å²) in [5.74, 6) is 0.590.